The topological polar surface area (TPSA) is 86.7 Å². The Kier molecular flexibility index (Phi) is 3.46. The van der Waals surface area contributed by atoms with E-state index in [1.807, 2.05) is 30.3 Å². The van der Waals surface area contributed by atoms with Crippen LogP contribution in [0.3, 0.4) is 0 Å². The molecule has 25 heavy (non-hydrogen) atoms. The fourth-order valence-electron chi connectivity index (χ4n) is 2.58. The van der Waals surface area contributed by atoms with Gasteiger partial charge in [-0.15, -0.1) is 0 Å². The van der Waals surface area contributed by atoms with Crippen molar-refractivity contribution in [1.82, 2.24) is 19.5 Å². The van der Waals surface area contributed by atoms with Gasteiger partial charge in [-0.3, -0.25) is 9.36 Å². The van der Waals surface area contributed by atoms with Gasteiger partial charge in [0.25, 0.3) is 5.91 Å². The van der Waals surface area contributed by atoms with Crippen molar-refractivity contribution >= 4 is 17.1 Å². The van der Waals surface area contributed by atoms with Crippen molar-refractivity contribution in [2.24, 2.45) is 5.73 Å². The van der Waals surface area contributed by atoms with Crippen LogP contribution >= 0.6 is 0 Å². The number of carbonyl (C=O) groups is 1. The minimum absolute atomic E-state index is 0.0460. The number of hydrogen-bond donors (Lipinski definition) is 1. The van der Waals surface area contributed by atoms with Gasteiger partial charge in [0.1, 0.15) is 17.7 Å². The first kappa shape index (κ1) is 14.9. The summed E-state index contributed by atoms with van der Waals surface area (Å²) in [6.07, 6.45) is 1.51. The highest BCUT2D eigenvalue weighted by Gasteiger charge is 2.18. The zero-order chi connectivity index (χ0) is 17.4. The molecular formula is C18H12FN5O. The van der Waals surface area contributed by atoms with E-state index in [0.29, 0.717) is 22.7 Å². The highest BCUT2D eigenvalue weighted by atomic mass is 19.1. The molecule has 4 aromatic rings. The normalized spacial score (nSPS) is 10.9. The Morgan fingerprint density at radius 2 is 1.72 bits per heavy atom. The molecule has 1 amide bonds. The van der Waals surface area contributed by atoms with Gasteiger partial charge in [0.05, 0.1) is 0 Å². The zero-order valence-corrected chi connectivity index (χ0v) is 12.9. The van der Waals surface area contributed by atoms with Gasteiger partial charge in [-0.2, -0.15) is 0 Å². The van der Waals surface area contributed by atoms with Crippen LogP contribution in [0.5, 0.6) is 0 Å². The Bertz CT molecular complexity index is 1070. The molecule has 2 heterocycles. The highest BCUT2D eigenvalue weighted by Crippen LogP contribution is 2.23. The molecule has 7 heteroatoms. The second-order valence-electron chi connectivity index (χ2n) is 5.39. The summed E-state index contributed by atoms with van der Waals surface area (Å²) >= 11 is 0. The number of rotatable bonds is 3. The number of hydrogen-bond acceptors (Lipinski definition) is 4. The van der Waals surface area contributed by atoms with Gasteiger partial charge in [-0.1, -0.05) is 30.3 Å². The third-order valence-corrected chi connectivity index (χ3v) is 3.77. The maximum absolute atomic E-state index is 13.2. The average Bonchev–Trinajstić information content (AvgIpc) is 3.06. The molecule has 0 aliphatic carbocycles. The summed E-state index contributed by atoms with van der Waals surface area (Å²) in [4.78, 5) is 24.8. The minimum Gasteiger partial charge on any atom is -0.364 e. The SMILES string of the molecule is NC(=O)c1nc(-c2ccccc2)nc2c1ncn2-c1ccc(F)cc1. The molecule has 0 fully saturated rings. The van der Waals surface area contributed by atoms with Crippen molar-refractivity contribution in [3.8, 4) is 17.1 Å². The Hall–Kier alpha value is -3.61. The summed E-state index contributed by atoms with van der Waals surface area (Å²) in [6, 6.07) is 15.1. The number of nitrogens with two attached hydrogens (primary N) is 1. The summed E-state index contributed by atoms with van der Waals surface area (Å²) < 4.78 is 14.8. The van der Waals surface area contributed by atoms with E-state index in [4.69, 9.17) is 5.73 Å². The van der Waals surface area contributed by atoms with Gasteiger partial charge in [-0.05, 0) is 24.3 Å². The van der Waals surface area contributed by atoms with E-state index in [1.54, 1.807) is 16.7 Å². The number of aromatic nitrogens is 4. The Labute approximate surface area is 141 Å². The van der Waals surface area contributed by atoms with Crippen molar-refractivity contribution < 1.29 is 9.18 Å². The van der Waals surface area contributed by atoms with Crippen molar-refractivity contribution in [2.45, 2.75) is 0 Å². The van der Waals surface area contributed by atoms with Gasteiger partial charge < -0.3 is 5.73 Å². The maximum Gasteiger partial charge on any atom is 0.269 e. The maximum atomic E-state index is 13.2. The molecule has 6 nitrogen and oxygen atoms in total. The molecule has 0 bridgehead atoms. The summed E-state index contributed by atoms with van der Waals surface area (Å²) in [5.41, 5.74) is 7.65. The fraction of sp³-hybridized carbons (Fsp3) is 0. The lowest BCUT2D eigenvalue weighted by atomic mass is 10.2. The van der Waals surface area contributed by atoms with Crippen LogP contribution in [0.1, 0.15) is 10.5 Å². The van der Waals surface area contributed by atoms with Crippen molar-refractivity contribution in [3.05, 3.63) is 72.4 Å². The van der Waals surface area contributed by atoms with E-state index in [2.05, 4.69) is 15.0 Å². The number of benzene rings is 2. The van der Waals surface area contributed by atoms with E-state index in [-0.39, 0.29) is 11.5 Å². The summed E-state index contributed by atoms with van der Waals surface area (Å²) in [5, 5.41) is 0. The monoisotopic (exact) mass is 333 g/mol. The Balaban J connectivity index is 1.99. The predicted molar refractivity (Wildman–Crippen MR) is 90.6 cm³/mol. The highest BCUT2D eigenvalue weighted by molar-refractivity contribution is 6.02. The largest absolute Gasteiger partial charge is 0.364 e. The lowest BCUT2D eigenvalue weighted by molar-refractivity contribution is 0.0997. The fourth-order valence-corrected chi connectivity index (χ4v) is 2.58. The summed E-state index contributed by atoms with van der Waals surface area (Å²) in [6.45, 7) is 0. The van der Waals surface area contributed by atoms with Gasteiger partial charge >= 0.3 is 0 Å². The van der Waals surface area contributed by atoms with Crippen LogP contribution in [-0.2, 0) is 0 Å². The van der Waals surface area contributed by atoms with E-state index in [0.717, 1.165) is 5.56 Å². The van der Waals surface area contributed by atoms with E-state index >= 15 is 0 Å². The van der Waals surface area contributed by atoms with Crippen molar-refractivity contribution in [1.29, 1.82) is 0 Å². The standard InChI is InChI=1S/C18H12FN5O/c19-12-6-8-13(9-7-12)24-10-21-15-14(16(20)25)22-17(23-18(15)24)11-4-2-1-3-5-11/h1-10H,(H2,20,25). The molecular weight excluding hydrogens is 321 g/mol. The van der Waals surface area contributed by atoms with Gasteiger partial charge in [0.15, 0.2) is 17.2 Å². The number of carbonyl (C=O) groups excluding carboxylic acids is 1. The Morgan fingerprint density at radius 3 is 2.40 bits per heavy atom. The van der Waals surface area contributed by atoms with Crippen molar-refractivity contribution in [3.63, 3.8) is 0 Å². The molecule has 2 aromatic carbocycles. The molecule has 4 rings (SSSR count). The zero-order valence-electron chi connectivity index (χ0n) is 12.9. The van der Waals surface area contributed by atoms with Crippen LogP contribution in [0.15, 0.2) is 60.9 Å². The predicted octanol–water partition coefficient (Wildman–Crippen LogP) is 2.72. The number of fused-ring (bicyclic) bond motifs is 1. The van der Waals surface area contributed by atoms with Crippen LogP contribution in [0.4, 0.5) is 4.39 Å². The number of primary amides is 1. The number of nitrogens with zero attached hydrogens (tertiary/aromatic N) is 4. The van der Waals surface area contributed by atoms with Crippen LogP contribution in [0.2, 0.25) is 0 Å². The molecule has 2 aromatic heterocycles. The van der Waals surface area contributed by atoms with Crippen molar-refractivity contribution in [2.75, 3.05) is 0 Å². The van der Waals surface area contributed by atoms with Crippen LogP contribution in [0.25, 0.3) is 28.2 Å². The van der Waals surface area contributed by atoms with Gasteiger partial charge in [0.2, 0.25) is 0 Å². The lowest BCUT2D eigenvalue weighted by Gasteiger charge is -2.07. The van der Waals surface area contributed by atoms with E-state index in [1.165, 1.54) is 18.5 Å². The molecule has 122 valence electrons. The first-order chi connectivity index (χ1) is 12.1. The third kappa shape index (κ3) is 2.61. The van der Waals surface area contributed by atoms with Crippen LogP contribution in [0, 0.1) is 5.82 Å². The molecule has 0 spiro atoms. The van der Waals surface area contributed by atoms with Gasteiger partial charge in [0, 0.05) is 11.3 Å². The number of imidazole rings is 1. The summed E-state index contributed by atoms with van der Waals surface area (Å²) in [7, 11) is 0. The summed E-state index contributed by atoms with van der Waals surface area (Å²) in [5.74, 6) is -0.662. The molecule has 0 saturated heterocycles. The lowest BCUT2D eigenvalue weighted by Crippen LogP contribution is -2.15. The Morgan fingerprint density at radius 1 is 1.00 bits per heavy atom. The molecule has 0 aliphatic heterocycles. The second-order valence-corrected chi connectivity index (χ2v) is 5.39. The van der Waals surface area contributed by atoms with Gasteiger partial charge in [-0.25, -0.2) is 19.3 Å². The molecule has 0 saturated carbocycles. The average molecular weight is 333 g/mol. The van der Waals surface area contributed by atoms with E-state index in [9.17, 15) is 9.18 Å². The molecule has 0 unspecified atom stereocenters. The molecule has 0 atom stereocenters. The number of amides is 1. The number of halogens is 1. The van der Waals surface area contributed by atoms with Crippen LogP contribution < -0.4 is 5.73 Å². The van der Waals surface area contributed by atoms with E-state index < -0.39 is 5.91 Å². The van der Waals surface area contributed by atoms with Crippen LogP contribution in [-0.4, -0.2) is 25.4 Å². The second kappa shape index (κ2) is 5.79. The first-order valence-corrected chi connectivity index (χ1v) is 7.50. The third-order valence-electron chi connectivity index (χ3n) is 3.77. The smallest absolute Gasteiger partial charge is 0.269 e. The molecule has 2 N–H and O–H groups in total. The quantitative estimate of drug-likeness (QED) is 0.624. The molecule has 0 radical (unpaired) electrons. The minimum atomic E-state index is -0.686. The molecule has 0 aliphatic rings. The first-order valence-electron chi connectivity index (χ1n) is 7.50.